The van der Waals surface area contributed by atoms with Gasteiger partial charge in [0.1, 0.15) is 0 Å². The summed E-state index contributed by atoms with van der Waals surface area (Å²) in [6.45, 7) is 0.963. The average Bonchev–Trinajstić information content (AvgIpc) is 2.61. The maximum absolute atomic E-state index is 12.1. The standard InChI is InChI=1S/C22H32ClNO/c1-24(2)16-20-10-6-9-19(15-17-11-13-21(23)14-12-17)22(20,25)18-7-4-3-5-8-18/h11-15,18,20,25H,3-10,16H2,1-2H3/b19-15+. The Morgan fingerprint density at radius 3 is 2.40 bits per heavy atom. The van der Waals surface area contributed by atoms with Gasteiger partial charge in [0, 0.05) is 17.5 Å². The lowest BCUT2D eigenvalue weighted by molar-refractivity contribution is -0.0706. The Balaban J connectivity index is 1.96. The number of hydrogen-bond acceptors (Lipinski definition) is 2. The number of nitrogens with zero attached hydrogens (tertiary/aromatic N) is 1. The zero-order chi connectivity index (χ0) is 17.9. The van der Waals surface area contributed by atoms with Gasteiger partial charge in [-0.15, -0.1) is 0 Å². The van der Waals surface area contributed by atoms with E-state index in [1.165, 1.54) is 44.1 Å². The van der Waals surface area contributed by atoms with Crippen LogP contribution in [0.4, 0.5) is 0 Å². The third-order valence-electron chi connectivity index (χ3n) is 6.16. The molecule has 0 spiro atoms. The van der Waals surface area contributed by atoms with E-state index < -0.39 is 5.60 Å². The molecule has 0 amide bonds. The van der Waals surface area contributed by atoms with Gasteiger partial charge in [0.2, 0.25) is 0 Å². The minimum absolute atomic E-state index is 0.331. The van der Waals surface area contributed by atoms with Crippen molar-refractivity contribution in [2.75, 3.05) is 20.6 Å². The van der Waals surface area contributed by atoms with Crippen LogP contribution in [0.2, 0.25) is 5.02 Å². The van der Waals surface area contributed by atoms with E-state index in [0.717, 1.165) is 30.0 Å². The molecule has 138 valence electrons. The van der Waals surface area contributed by atoms with Crippen molar-refractivity contribution in [1.29, 1.82) is 0 Å². The maximum atomic E-state index is 12.1. The van der Waals surface area contributed by atoms with Crippen LogP contribution in [0, 0.1) is 11.8 Å². The zero-order valence-corrected chi connectivity index (χ0v) is 16.4. The Bertz CT molecular complexity index is 589. The van der Waals surface area contributed by atoms with E-state index in [-0.39, 0.29) is 0 Å². The van der Waals surface area contributed by atoms with E-state index in [2.05, 4.69) is 37.2 Å². The lowest BCUT2D eigenvalue weighted by atomic mass is 9.61. The largest absolute Gasteiger partial charge is 0.385 e. The molecule has 1 aromatic rings. The molecule has 0 heterocycles. The van der Waals surface area contributed by atoms with Gasteiger partial charge in [0.25, 0.3) is 0 Å². The number of benzene rings is 1. The Labute approximate surface area is 157 Å². The first kappa shape index (κ1) is 18.9. The number of rotatable bonds is 4. The van der Waals surface area contributed by atoms with Crippen LogP contribution in [0.25, 0.3) is 6.08 Å². The quantitative estimate of drug-likeness (QED) is 0.776. The molecule has 1 aromatic carbocycles. The smallest absolute Gasteiger partial charge is 0.0928 e. The second kappa shape index (κ2) is 8.24. The van der Waals surface area contributed by atoms with Gasteiger partial charge >= 0.3 is 0 Å². The molecule has 0 aliphatic heterocycles. The van der Waals surface area contributed by atoms with Crippen LogP contribution >= 0.6 is 11.6 Å². The molecule has 2 nitrogen and oxygen atoms in total. The minimum atomic E-state index is -0.650. The molecule has 3 heteroatoms. The molecule has 2 fully saturated rings. The highest BCUT2D eigenvalue weighted by Crippen LogP contribution is 2.48. The zero-order valence-electron chi connectivity index (χ0n) is 15.7. The highest BCUT2D eigenvalue weighted by molar-refractivity contribution is 6.30. The SMILES string of the molecule is CN(C)CC1CCC/C(=C\c2ccc(Cl)cc2)C1(O)C1CCCCC1. The Morgan fingerprint density at radius 2 is 1.76 bits per heavy atom. The van der Waals surface area contributed by atoms with Crippen molar-refractivity contribution < 1.29 is 5.11 Å². The van der Waals surface area contributed by atoms with Crippen molar-refractivity contribution in [2.45, 2.75) is 57.0 Å². The molecule has 25 heavy (non-hydrogen) atoms. The highest BCUT2D eigenvalue weighted by Gasteiger charge is 2.48. The molecule has 2 aliphatic rings. The molecule has 0 radical (unpaired) electrons. The molecule has 2 aliphatic carbocycles. The summed E-state index contributed by atoms with van der Waals surface area (Å²) in [6, 6.07) is 8.00. The topological polar surface area (TPSA) is 23.5 Å². The normalized spacial score (nSPS) is 30.1. The molecule has 0 aromatic heterocycles. The second-order valence-electron chi connectivity index (χ2n) is 8.23. The molecule has 2 atom stereocenters. The maximum Gasteiger partial charge on any atom is 0.0928 e. The first-order valence-electron chi connectivity index (χ1n) is 9.84. The number of halogens is 1. The predicted molar refractivity (Wildman–Crippen MR) is 107 cm³/mol. The van der Waals surface area contributed by atoms with Crippen LogP contribution in [0.5, 0.6) is 0 Å². The fraction of sp³-hybridized carbons (Fsp3) is 0.636. The third-order valence-corrected chi connectivity index (χ3v) is 6.41. The van der Waals surface area contributed by atoms with Crippen LogP contribution in [-0.4, -0.2) is 36.2 Å². The third kappa shape index (κ3) is 4.30. The van der Waals surface area contributed by atoms with Crippen molar-refractivity contribution in [3.05, 3.63) is 40.4 Å². The van der Waals surface area contributed by atoms with Gasteiger partial charge in [-0.3, -0.25) is 0 Å². The van der Waals surface area contributed by atoms with Crippen molar-refractivity contribution in [1.82, 2.24) is 4.90 Å². The first-order valence-corrected chi connectivity index (χ1v) is 10.2. The van der Waals surface area contributed by atoms with E-state index in [9.17, 15) is 5.11 Å². The summed E-state index contributed by atoms with van der Waals surface area (Å²) >= 11 is 6.04. The summed E-state index contributed by atoms with van der Waals surface area (Å²) in [5, 5.41) is 12.8. The molecule has 3 rings (SSSR count). The minimum Gasteiger partial charge on any atom is -0.385 e. The average molecular weight is 362 g/mol. The molecule has 1 N–H and O–H groups in total. The van der Waals surface area contributed by atoms with E-state index >= 15 is 0 Å². The summed E-state index contributed by atoms with van der Waals surface area (Å²) < 4.78 is 0. The van der Waals surface area contributed by atoms with Crippen molar-refractivity contribution in [3.63, 3.8) is 0 Å². The molecular weight excluding hydrogens is 330 g/mol. The lowest BCUT2D eigenvalue weighted by Crippen LogP contribution is -2.52. The number of hydrogen-bond donors (Lipinski definition) is 1. The van der Waals surface area contributed by atoms with Crippen LogP contribution in [-0.2, 0) is 0 Å². The lowest BCUT2D eigenvalue weighted by Gasteiger charge is -2.49. The van der Waals surface area contributed by atoms with Crippen LogP contribution in [0.15, 0.2) is 29.8 Å². The van der Waals surface area contributed by atoms with Gasteiger partial charge < -0.3 is 10.0 Å². The predicted octanol–water partition coefficient (Wildman–Crippen LogP) is 5.40. The summed E-state index contributed by atoms with van der Waals surface area (Å²) in [6.07, 6.45) is 11.7. The van der Waals surface area contributed by atoms with E-state index in [1.807, 2.05) is 12.1 Å². The molecule has 0 bridgehead atoms. The summed E-state index contributed by atoms with van der Waals surface area (Å²) in [5.74, 6) is 0.739. The van der Waals surface area contributed by atoms with E-state index in [0.29, 0.717) is 11.8 Å². The fourth-order valence-corrected chi connectivity index (χ4v) is 5.10. The van der Waals surface area contributed by atoms with E-state index in [4.69, 9.17) is 11.6 Å². The van der Waals surface area contributed by atoms with E-state index in [1.54, 1.807) is 0 Å². The fourth-order valence-electron chi connectivity index (χ4n) is 4.98. The molecule has 2 saturated carbocycles. The summed E-state index contributed by atoms with van der Waals surface area (Å²) in [5.41, 5.74) is 1.75. The summed E-state index contributed by atoms with van der Waals surface area (Å²) in [7, 11) is 4.25. The molecule has 0 saturated heterocycles. The van der Waals surface area contributed by atoms with Crippen LogP contribution in [0.1, 0.15) is 56.9 Å². The van der Waals surface area contributed by atoms with Crippen molar-refractivity contribution in [3.8, 4) is 0 Å². The van der Waals surface area contributed by atoms with Gasteiger partial charge in [0.15, 0.2) is 0 Å². The molecule has 2 unspecified atom stereocenters. The van der Waals surface area contributed by atoms with Crippen LogP contribution in [0.3, 0.4) is 0 Å². The van der Waals surface area contributed by atoms with Gasteiger partial charge in [-0.05, 0) is 75.4 Å². The van der Waals surface area contributed by atoms with Gasteiger partial charge in [-0.1, -0.05) is 49.1 Å². The number of aliphatic hydroxyl groups is 1. The van der Waals surface area contributed by atoms with Crippen molar-refractivity contribution >= 4 is 17.7 Å². The van der Waals surface area contributed by atoms with Gasteiger partial charge in [-0.25, -0.2) is 0 Å². The Hall–Kier alpha value is -0.830. The van der Waals surface area contributed by atoms with Crippen LogP contribution < -0.4 is 0 Å². The Kier molecular flexibility index (Phi) is 6.25. The van der Waals surface area contributed by atoms with Crippen molar-refractivity contribution in [2.24, 2.45) is 11.8 Å². The first-order chi connectivity index (χ1) is 12.0. The van der Waals surface area contributed by atoms with Gasteiger partial charge in [-0.2, -0.15) is 0 Å². The highest BCUT2D eigenvalue weighted by atomic mass is 35.5. The molecular formula is C22H32ClNO. The summed E-state index contributed by atoms with van der Waals surface area (Å²) in [4.78, 5) is 2.24. The second-order valence-corrected chi connectivity index (χ2v) is 8.67. The monoisotopic (exact) mass is 361 g/mol. The van der Waals surface area contributed by atoms with Gasteiger partial charge in [0.05, 0.1) is 5.60 Å². The Morgan fingerprint density at radius 1 is 1.08 bits per heavy atom.